The van der Waals surface area contributed by atoms with Gasteiger partial charge < -0.3 is 9.64 Å². The molecule has 0 atom stereocenters. The van der Waals surface area contributed by atoms with Crippen LogP contribution in [0.5, 0.6) is 0 Å². The number of ether oxygens (including phenoxy) is 1. The van der Waals surface area contributed by atoms with Crippen LogP contribution < -0.4 is 0 Å². The van der Waals surface area contributed by atoms with E-state index in [2.05, 4.69) is 12.6 Å². The van der Waals surface area contributed by atoms with Gasteiger partial charge in [0.2, 0.25) is 0 Å². The number of hydrogen-bond donors (Lipinski definition) is 1. The summed E-state index contributed by atoms with van der Waals surface area (Å²) in [5, 5.41) is 0. The van der Waals surface area contributed by atoms with Crippen LogP contribution >= 0.6 is 12.6 Å². The van der Waals surface area contributed by atoms with Gasteiger partial charge in [-0.3, -0.25) is 4.79 Å². The molecule has 3 nitrogen and oxygen atoms in total. The minimum Gasteiger partial charge on any atom is -0.380 e. The number of thiol groups is 1. The molecule has 0 fully saturated rings. The molecule has 1 aromatic carbocycles. The molecule has 0 aromatic heterocycles. The summed E-state index contributed by atoms with van der Waals surface area (Å²) >= 11 is 4.18. The van der Waals surface area contributed by atoms with Crippen molar-refractivity contribution in [2.24, 2.45) is 0 Å². The molecule has 1 aromatic rings. The molecule has 0 aliphatic heterocycles. The Balaban J connectivity index is 2.53. The predicted octanol–water partition coefficient (Wildman–Crippen LogP) is 2.08. The van der Waals surface area contributed by atoms with Gasteiger partial charge in [-0.25, -0.2) is 0 Å². The minimum atomic E-state index is 0.00744. The van der Waals surface area contributed by atoms with E-state index >= 15 is 0 Å². The molecule has 0 aliphatic carbocycles. The van der Waals surface area contributed by atoms with Gasteiger partial charge in [0.15, 0.2) is 0 Å². The summed E-state index contributed by atoms with van der Waals surface area (Å²) in [6.07, 6.45) is 0. The summed E-state index contributed by atoms with van der Waals surface area (Å²) in [7, 11) is 1.77. The molecular weight excluding hydrogens is 222 g/mol. The lowest BCUT2D eigenvalue weighted by atomic mass is 10.2. The molecule has 0 spiro atoms. The number of likely N-dealkylation sites (N-methyl/N-ethyl adjacent to an activating group) is 1. The number of carbonyl (C=O) groups excluding carboxylic acids is 1. The first-order valence-corrected chi connectivity index (χ1v) is 5.72. The zero-order valence-electron chi connectivity index (χ0n) is 9.64. The van der Waals surface area contributed by atoms with E-state index < -0.39 is 0 Å². The van der Waals surface area contributed by atoms with E-state index in [0.717, 1.165) is 4.90 Å². The monoisotopic (exact) mass is 239 g/mol. The van der Waals surface area contributed by atoms with Crippen molar-refractivity contribution in [1.29, 1.82) is 0 Å². The molecule has 0 unspecified atom stereocenters. The zero-order valence-corrected chi connectivity index (χ0v) is 10.5. The number of carbonyl (C=O) groups is 1. The Morgan fingerprint density at radius 2 is 2.00 bits per heavy atom. The van der Waals surface area contributed by atoms with E-state index in [1.807, 2.05) is 19.1 Å². The van der Waals surface area contributed by atoms with Crippen molar-refractivity contribution in [1.82, 2.24) is 4.90 Å². The lowest BCUT2D eigenvalue weighted by Crippen LogP contribution is -2.30. The Morgan fingerprint density at radius 1 is 1.38 bits per heavy atom. The van der Waals surface area contributed by atoms with Crippen molar-refractivity contribution in [3.05, 3.63) is 29.8 Å². The van der Waals surface area contributed by atoms with Gasteiger partial charge in [0.05, 0.1) is 6.61 Å². The van der Waals surface area contributed by atoms with Crippen molar-refractivity contribution in [3.63, 3.8) is 0 Å². The number of rotatable bonds is 5. The minimum absolute atomic E-state index is 0.00744. The topological polar surface area (TPSA) is 29.5 Å². The van der Waals surface area contributed by atoms with Gasteiger partial charge in [0, 0.05) is 30.7 Å². The molecule has 0 N–H and O–H groups in total. The van der Waals surface area contributed by atoms with Crippen LogP contribution in [0, 0.1) is 0 Å². The highest BCUT2D eigenvalue weighted by molar-refractivity contribution is 7.80. The van der Waals surface area contributed by atoms with Crippen LogP contribution in [-0.4, -0.2) is 37.6 Å². The highest BCUT2D eigenvalue weighted by atomic mass is 32.1. The standard InChI is InChI=1S/C12H17NO2S/c1-3-15-9-8-13(2)12(14)10-4-6-11(16)7-5-10/h4-7,16H,3,8-9H2,1-2H3. The quantitative estimate of drug-likeness (QED) is 0.630. The molecule has 1 rings (SSSR count). The molecule has 1 amide bonds. The molecular formula is C12H17NO2S. The van der Waals surface area contributed by atoms with E-state index in [9.17, 15) is 4.79 Å². The third-order valence-corrected chi connectivity index (χ3v) is 2.53. The SMILES string of the molecule is CCOCCN(C)C(=O)c1ccc(S)cc1. The van der Waals surface area contributed by atoms with Crippen LogP contribution in [0.2, 0.25) is 0 Å². The lowest BCUT2D eigenvalue weighted by molar-refractivity contribution is 0.0710. The summed E-state index contributed by atoms with van der Waals surface area (Å²) in [5.41, 5.74) is 0.678. The maximum absolute atomic E-state index is 11.9. The van der Waals surface area contributed by atoms with Crippen LogP contribution in [0.25, 0.3) is 0 Å². The van der Waals surface area contributed by atoms with Gasteiger partial charge in [0.1, 0.15) is 0 Å². The van der Waals surface area contributed by atoms with Gasteiger partial charge in [-0.05, 0) is 31.2 Å². The average Bonchev–Trinajstić information content (AvgIpc) is 2.29. The van der Waals surface area contributed by atoms with Crippen LogP contribution in [0.4, 0.5) is 0 Å². The first-order chi connectivity index (χ1) is 7.65. The molecule has 0 heterocycles. The third-order valence-electron chi connectivity index (χ3n) is 2.24. The fourth-order valence-electron chi connectivity index (χ4n) is 1.27. The Kier molecular flexibility index (Phi) is 5.35. The second-order valence-electron chi connectivity index (χ2n) is 3.47. The predicted molar refractivity (Wildman–Crippen MR) is 67.1 cm³/mol. The largest absolute Gasteiger partial charge is 0.380 e. The fourth-order valence-corrected chi connectivity index (χ4v) is 1.42. The van der Waals surface area contributed by atoms with E-state index in [0.29, 0.717) is 25.3 Å². The third kappa shape index (κ3) is 3.87. The van der Waals surface area contributed by atoms with Crippen molar-refractivity contribution >= 4 is 18.5 Å². The highest BCUT2D eigenvalue weighted by Crippen LogP contribution is 2.09. The van der Waals surface area contributed by atoms with E-state index in [1.165, 1.54) is 0 Å². The second-order valence-corrected chi connectivity index (χ2v) is 3.99. The maximum atomic E-state index is 11.9. The Hall–Kier alpha value is -1.00. The molecule has 16 heavy (non-hydrogen) atoms. The first-order valence-electron chi connectivity index (χ1n) is 5.27. The van der Waals surface area contributed by atoms with E-state index in [-0.39, 0.29) is 5.91 Å². The Labute approximate surface area is 102 Å². The van der Waals surface area contributed by atoms with E-state index in [1.54, 1.807) is 24.1 Å². The van der Waals surface area contributed by atoms with Crippen molar-refractivity contribution < 1.29 is 9.53 Å². The zero-order chi connectivity index (χ0) is 12.0. The smallest absolute Gasteiger partial charge is 0.253 e. The first kappa shape index (κ1) is 13.1. The summed E-state index contributed by atoms with van der Waals surface area (Å²) < 4.78 is 5.20. The number of nitrogens with zero attached hydrogens (tertiary/aromatic N) is 1. The molecule has 0 aliphatic rings. The molecule has 0 saturated carbocycles. The molecule has 0 bridgehead atoms. The summed E-state index contributed by atoms with van der Waals surface area (Å²) in [6, 6.07) is 7.18. The van der Waals surface area contributed by atoms with Crippen molar-refractivity contribution in [2.75, 3.05) is 26.8 Å². The van der Waals surface area contributed by atoms with Gasteiger partial charge in [-0.15, -0.1) is 12.6 Å². The summed E-state index contributed by atoms with van der Waals surface area (Å²) in [6.45, 7) is 3.79. The maximum Gasteiger partial charge on any atom is 0.253 e. The number of hydrogen-bond acceptors (Lipinski definition) is 3. The van der Waals surface area contributed by atoms with Gasteiger partial charge in [-0.2, -0.15) is 0 Å². The van der Waals surface area contributed by atoms with Gasteiger partial charge in [-0.1, -0.05) is 0 Å². The lowest BCUT2D eigenvalue weighted by Gasteiger charge is -2.16. The van der Waals surface area contributed by atoms with Crippen LogP contribution in [-0.2, 0) is 4.74 Å². The molecule has 0 saturated heterocycles. The molecule has 4 heteroatoms. The van der Waals surface area contributed by atoms with Gasteiger partial charge >= 0.3 is 0 Å². The normalized spacial score (nSPS) is 10.2. The highest BCUT2D eigenvalue weighted by Gasteiger charge is 2.10. The van der Waals surface area contributed by atoms with Gasteiger partial charge in [0.25, 0.3) is 5.91 Å². The van der Waals surface area contributed by atoms with E-state index in [4.69, 9.17) is 4.74 Å². The van der Waals surface area contributed by atoms with Crippen molar-refractivity contribution in [3.8, 4) is 0 Å². The number of benzene rings is 1. The molecule has 0 radical (unpaired) electrons. The summed E-state index contributed by atoms with van der Waals surface area (Å²) in [4.78, 5) is 14.4. The second kappa shape index (κ2) is 6.55. The van der Waals surface area contributed by atoms with Crippen LogP contribution in [0.15, 0.2) is 29.2 Å². The molecule has 88 valence electrons. The van der Waals surface area contributed by atoms with Crippen LogP contribution in [0.1, 0.15) is 17.3 Å². The fraction of sp³-hybridized carbons (Fsp3) is 0.417. The summed E-state index contributed by atoms with van der Waals surface area (Å²) in [5.74, 6) is 0.00744. The van der Waals surface area contributed by atoms with Crippen molar-refractivity contribution in [2.45, 2.75) is 11.8 Å². The Morgan fingerprint density at radius 3 is 2.56 bits per heavy atom. The number of amides is 1. The Bertz CT molecular complexity index is 337. The average molecular weight is 239 g/mol. The van der Waals surface area contributed by atoms with Crippen LogP contribution in [0.3, 0.4) is 0 Å².